The number of carbonyl (C=O) groups is 1. The minimum absolute atomic E-state index is 0.139. The summed E-state index contributed by atoms with van der Waals surface area (Å²) in [5.74, 6) is -0.166. The summed E-state index contributed by atoms with van der Waals surface area (Å²) in [6.45, 7) is 1.90. The average molecular weight is 434 g/mol. The van der Waals surface area contributed by atoms with Crippen molar-refractivity contribution in [2.24, 2.45) is 0 Å². The van der Waals surface area contributed by atoms with E-state index in [9.17, 15) is 9.18 Å². The first kappa shape index (κ1) is 20.5. The highest BCUT2D eigenvalue weighted by Gasteiger charge is 2.10. The predicted octanol–water partition coefficient (Wildman–Crippen LogP) is 6.29. The lowest BCUT2D eigenvalue weighted by atomic mass is 10.1. The van der Waals surface area contributed by atoms with Gasteiger partial charge in [-0.1, -0.05) is 29.8 Å². The van der Waals surface area contributed by atoms with Gasteiger partial charge in [0.25, 0.3) is 5.91 Å². The van der Waals surface area contributed by atoms with E-state index in [-0.39, 0.29) is 17.7 Å². The molecule has 3 aromatic carbocycles. The standard InChI is InChI=1S/C24H17ClFN3O2/c1-15-5-8-20(12-22(15)25)29-23(30)17-4-2-3-16(11-17)18-13-27-24(28-14-18)31-21-9-6-19(26)7-10-21/h2-14H,1H3,(H,29,30). The molecule has 0 atom stereocenters. The van der Waals surface area contributed by atoms with E-state index < -0.39 is 0 Å². The summed E-state index contributed by atoms with van der Waals surface area (Å²) in [5, 5.41) is 3.43. The summed E-state index contributed by atoms with van der Waals surface area (Å²) < 4.78 is 18.5. The van der Waals surface area contributed by atoms with Gasteiger partial charge in [0.2, 0.25) is 0 Å². The van der Waals surface area contributed by atoms with Gasteiger partial charge in [0, 0.05) is 34.2 Å². The Morgan fingerprint density at radius 3 is 2.42 bits per heavy atom. The van der Waals surface area contributed by atoms with Crippen molar-refractivity contribution in [1.82, 2.24) is 9.97 Å². The van der Waals surface area contributed by atoms with E-state index in [1.54, 1.807) is 42.7 Å². The molecular weight excluding hydrogens is 417 g/mol. The van der Waals surface area contributed by atoms with Crippen LogP contribution in [0.15, 0.2) is 79.1 Å². The first-order valence-electron chi connectivity index (χ1n) is 9.41. The highest BCUT2D eigenvalue weighted by molar-refractivity contribution is 6.31. The Bertz CT molecular complexity index is 1230. The molecule has 7 heteroatoms. The molecule has 1 amide bonds. The zero-order valence-electron chi connectivity index (χ0n) is 16.5. The molecule has 5 nitrogen and oxygen atoms in total. The van der Waals surface area contributed by atoms with Crippen LogP contribution < -0.4 is 10.1 Å². The Morgan fingerprint density at radius 2 is 1.71 bits per heavy atom. The molecule has 1 aromatic heterocycles. The van der Waals surface area contributed by atoms with Crippen molar-refractivity contribution in [2.45, 2.75) is 6.92 Å². The Morgan fingerprint density at radius 1 is 0.968 bits per heavy atom. The first-order chi connectivity index (χ1) is 15.0. The maximum atomic E-state index is 13.0. The Balaban J connectivity index is 1.48. The predicted molar refractivity (Wildman–Crippen MR) is 118 cm³/mol. The van der Waals surface area contributed by atoms with E-state index in [2.05, 4.69) is 15.3 Å². The number of aromatic nitrogens is 2. The molecular formula is C24H17ClFN3O2. The lowest BCUT2D eigenvalue weighted by molar-refractivity contribution is 0.102. The zero-order valence-corrected chi connectivity index (χ0v) is 17.2. The van der Waals surface area contributed by atoms with Crippen molar-refractivity contribution >= 4 is 23.2 Å². The molecule has 0 saturated heterocycles. The second-order valence-corrected chi connectivity index (χ2v) is 7.22. The number of ether oxygens (including phenoxy) is 1. The van der Waals surface area contributed by atoms with Crippen LogP contribution >= 0.6 is 11.6 Å². The van der Waals surface area contributed by atoms with Crippen molar-refractivity contribution in [3.05, 3.63) is 101 Å². The molecule has 1 N–H and O–H groups in total. The van der Waals surface area contributed by atoms with Gasteiger partial charge < -0.3 is 10.1 Å². The molecule has 0 bridgehead atoms. The van der Waals surface area contributed by atoms with E-state index >= 15 is 0 Å². The van der Waals surface area contributed by atoms with Crippen molar-refractivity contribution in [3.63, 3.8) is 0 Å². The van der Waals surface area contributed by atoms with E-state index in [0.717, 1.165) is 16.7 Å². The normalized spacial score (nSPS) is 10.5. The molecule has 154 valence electrons. The molecule has 0 aliphatic heterocycles. The van der Waals surface area contributed by atoms with Gasteiger partial charge in [-0.15, -0.1) is 0 Å². The Labute approximate surface area is 183 Å². The minimum Gasteiger partial charge on any atom is -0.424 e. The molecule has 0 unspecified atom stereocenters. The summed E-state index contributed by atoms with van der Waals surface area (Å²) in [4.78, 5) is 21.0. The summed E-state index contributed by atoms with van der Waals surface area (Å²) in [6, 6.07) is 18.2. The Hall–Kier alpha value is -3.77. The van der Waals surface area contributed by atoms with E-state index in [0.29, 0.717) is 22.0 Å². The fourth-order valence-electron chi connectivity index (χ4n) is 2.84. The van der Waals surface area contributed by atoms with Crippen molar-refractivity contribution in [2.75, 3.05) is 5.32 Å². The number of carbonyl (C=O) groups excluding carboxylic acids is 1. The topological polar surface area (TPSA) is 64.1 Å². The van der Waals surface area contributed by atoms with Crippen LogP contribution in [0.4, 0.5) is 10.1 Å². The molecule has 0 saturated carbocycles. The number of amides is 1. The molecule has 4 rings (SSSR count). The monoisotopic (exact) mass is 433 g/mol. The average Bonchev–Trinajstić information content (AvgIpc) is 2.78. The number of halogens is 2. The van der Waals surface area contributed by atoms with Crippen LogP contribution in [0.3, 0.4) is 0 Å². The number of nitrogens with zero attached hydrogens (tertiary/aromatic N) is 2. The highest BCUT2D eigenvalue weighted by Crippen LogP contribution is 2.24. The van der Waals surface area contributed by atoms with Crippen LogP contribution in [0, 0.1) is 12.7 Å². The van der Waals surface area contributed by atoms with Gasteiger partial charge in [-0.25, -0.2) is 14.4 Å². The van der Waals surface area contributed by atoms with Gasteiger partial charge in [-0.05, 0) is 66.6 Å². The SMILES string of the molecule is Cc1ccc(NC(=O)c2cccc(-c3cnc(Oc4ccc(F)cc4)nc3)c2)cc1Cl. The summed E-state index contributed by atoms with van der Waals surface area (Å²) >= 11 is 6.13. The highest BCUT2D eigenvalue weighted by atomic mass is 35.5. The lowest BCUT2D eigenvalue weighted by Crippen LogP contribution is -2.11. The number of benzene rings is 3. The van der Waals surface area contributed by atoms with Crippen LogP contribution in [0.25, 0.3) is 11.1 Å². The number of anilines is 1. The maximum Gasteiger partial charge on any atom is 0.321 e. The lowest BCUT2D eigenvalue weighted by Gasteiger charge is -2.09. The van der Waals surface area contributed by atoms with Gasteiger partial charge in [0.1, 0.15) is 11.6 Å². The summed E-state index contributed by atoms with van der Waals surface area (Å²) in [5.41, 5.74) is 3.55. The van der Waals surface area contributed by atoms with Crippen LogP contribution in [0.5, 0.6) is 11.8 Å². The van der Waals surface area contributed by atoms with E-state index in [4.69, 9.17) is 16.3 Å². The molecule has 0 fully saturated rings. The summed E-state index contributed by atoms with van der Waals surface area (Å²) in [6.07, 6.45) is 3.20. The third kappa shape index (κ3) is 5.05. The molecule has 0 radical (unpaired) electrons. The smallest absolute Gasteiger partial charge is 0.321 e. The van der Waals surface area contributed by atoms with Crippen LogP contribution in [-0.4, -0.2) is 15.9 Å². The maximum absolute atomic E-state index is 13.0. The van der Waals surface area contributed by atoms with Crippen LogP contribution in [0.2, 0.25) is 5.02 Å². The fourth-order valence-corrected chi connectivity index (χ4v) is 3.02. The van der Waals surface area contributed by atoms with Crippen molar-refractivity contribution in [1.29, 1.82) is 0 Å². The van der Waals surface area contributed by atoms with Gasteiger partial charge in [-0.2, -0.15) is 0 Å². The second kappa shape index (κ2) is 8.93. The van der Waals surface area contributed by atoms with Gasteiger partial charge in [0.15, 0.2) is 0 Å². The number of nitrogens with one attached hydrogen (secondary N) is 1. The quantitative estimate of drug-likeness (QED) is 0.401. The first-order valence-corrected chi connectivity index (χ1v) is 9.79. The van der Waals surface area contributed by atoms with Gasteiger partial charge in [0.05, 0.1) is 0 Å². The molecule has 4 aromatic rings. The van der Waals surface area contributed by atoms with E-state index in [1.165, 1.54) is 24.3 Å². The third-order valence-corrected chi connectivity index (χ3v) is 4.95. The zero-order chi connectivity index (χ0) is 21.8. The number of rotatable bonds is 5. The van der Waals surface area contributed by atoms with Crippen molar-refractivity contribution < 1.29 is 13.9 Å². The molecule has 31 heavy (non-hydrogen) atoms. The Kier molecular flexibility index (Phi) is 5.91. The molecule has 0 spiro atoms. The number of hydrogen-bond donors (Lipinski definition) is 1. The largest absolute Gasteiger partial charge is 0.424 e. The number of hydrogen-bond acceptors (Lipinski definition) is 4. The van der Waals surface area contributed by atoms with Gasteiger partial charge >= 0.3 is 6.01 Å². The van der Waals surface area contributed by atoms with Gasteiger partial charge in [-0.3, -0.25) is 4.79 Å². The second-order valence-electron chi connectivity index (χ2n) is 6.81. The third-order valence-electron chi connectivity index (χ3n) is 4.54. The van der Waals surface area contributed by atoms with Crippen LogP contribution in [-0.2, 0) is 0 Å². The molecule has 0 aliphatic carbocycles. The molecule has 1 heterocycles. The number of aryl methyl sites for hydroxylation is 1. The fraction of sp³-hybridized carbons (Fsp3) is 0.0417. The minimum atomic E-state index is -0.349. The van der Waals surface area contributed by atoms with E-state index in [1.807, 2.05) is 19.1 Å². The van der Waals surface area contributed by atoms with Crippen LogP contribution in [0.1, 0.15) is 15.9 Å². The molecule has 0 aliphatic rings. The van der Waals surface area contributed by atoms with Crippen molar-refractivity contribution in [3.8, 4) is 22.9 Å². The summed E-state index contributed by atoms with van der Waals surface area (Å²) in [7, 11) is 0.